The van der Waals surface area contributed by atoms with Crippen LogP contribution in [0.15, 0.2) is 36.5 Å². The molecule has 8 heteroatoms. The Morgan fingerprint density at radius 3 is 2.50 bits per heavy atom. The van der Waals surface area contributed by atoms with Gasteiger partial charge in [0.1, 0.15) is 5.75 Å². The van der Waals surface area contributed by atoms with E-state index in [1.165, 1.54) is 0 Å². The Kier molecular flexibility index (Phi) is 5.69. The lowest BCUT2D eigenvalue weighted by Crippen LogP contribution is -2.27. The van der Waals surface area contributed by atoms with E-state index in [1.54, 1.807) is 11.8 Å². The molecule has 0 aliphatic carbocycles. The normalized spacial score (nSPS) is 12.2. The minimum absolute atomic E-state index is 0.167. The van der Waals surface area contributed by atoms with Crippen molar-refractivity contribution in [3.05, 3.63) is 59.0 Å². The van der Waals surface area contributed by atoms with Crippen LogP contribution in [0.25, 0.3) is 22.3 Å². The number of hydrogen-bond acceptors (Lipinski definition) is 5. The Hall–Kier alpha value is -3.68. The molecule has 32 heavy (non-hydrogen) atoms. The van der Waals surface area contributed by atoms with E-state index in [9.17, 15) is 4.79 Å². The van der Waals surface area contributed by atoms with Gasteiger partial charge in [-0.05, 0) is 58.0 Å². The summed E-state index contributed by atoms with van der Waals surface area (Å²) in [5.74, 6) is 0.598. The Morgan fingerprint density at radius 2 is 1.88 bits per heavy atom. The van der Waals surface area contributed by atoms with Gasteiger partial charge in [0, 0.05) is 30.9 Å². The van der Waals surface area contributed by atoms with E-state index in [2.05, 4.69) is 15.5 Å². The molecular weight excluding hydrogens is 404 g/mol. The predicted octanol–water partition coefficient (Wildman–Crippen LogP) is 3.97. The number of nitrogens with one attached hydrogen (secondary N) is 1. The summed E-state index contributed by atoms with van der Waals surface area (Å²) in [5, 5.41) is 12.9. The summed E-state index contributed by atoms with van der Waals surface area (Å²) in [6.07, 6.45) is 1.99. The maximum absolute atomic E-state index is 13.5. The van der Waals surface area contributed by atoms with Crippen LogP contribution in [0.3, 0.4) is 0 Å². The van der Waals surface area contributed by atoms with Crippen molar-refractivity contribution in [2.75, 3.05) is 7.11 Å². The van der Waals surface area contributed by atoms with Gasteiger partial charge in [0.05, 0.1) is 41.2 Å². The standard InChI is InChI=1S/C24H28N6O2/c1-7-30-13-20(15(3)28-30)14(2)25-24(31)19-12-21(17-8-10-18(32-6)11-9-17)26-23-22(19)16(4)27-29(23)5/h8-14H,7H2,1-6H3,(H,25,31)/t14-/m1/s1. The molecule has 0 unspecified atom stereocenters. The molecule has 4 rings (SSSR count). The lowest BCUT2D eigenvalue weighted by molar-refractivity contribution is 0.0941. The molecule has 1 atom stereocenters. The molecule has 166 valence electrons. The number of pyridine rings is 1. The van der Waals surface area contributed by atoms with Gasteiger partial charge in [0.2, 0.25) is 0 Å². The van der Waals surface area contributed by atoms with Crippen LogP contribution in [-0.4, -0.2) is 37.6 Å². The van der Waals surface area contributed by atoms with E-state index < -0.39 is 0 Å². The summed E-state index contributed by atoms with van der Waals surface area (Å²) in [4.78, 5) is 18.2. The SMILES string of the molecule is CCn1cc([C@@H](C)NC(=O)c2cc(-c3ccc(OC)cc3)nc3c2c(C)nn3C)c(C)n1. The topological polar surface area (TPSA) is 86.9 Å². The number of rotatable bonds is 6. The molecule has 0 fully saturated rings. The van der Waals surface area contributed by atoms with Crippen molar-refractivity contribution in [1.29, 1.82) is 0 Å². The monoisotopic (exact) mass is 432 g/mol. The van der Waals surface area contributed by atoms with Gasteiger partial charge in [-0.3, -0.25) is 14.2 Å². The number of hydrogen-bond donors (Lipinski definition) is 1. The maximum Gasteiger partial charge on any atom is 0.252 e. The molecule has 3 heterocycles. The maximum atomic E-state index is 13.5. The Bertz CT molecular complexity index is 1290. The van der Waals surface area contributed by atoms with E-state index in [4.69, 9.17) is 9.72 Å². The van der Waals surface area contributed by atoms with Crippen molar-refractivity contribution >= 4 is 16.9 Å². The summed E-state index contributed by atoms with van der Waals surface area (Å²) in [5.41, 5.74) is 5.51. The fourth-order valence-corrected chi connectivity index (χ4v) is 4.01. The van der Waals surface area contributed by atoms with Crippen LogP contribution >= 0.6 is 0 Å². The summed E-state index contributed by atoms with van der Waals surface area (Å²) in [6, 6.07) is 9.28. The molecule has 1 aromatic carbocycles. The molecular formula is C24H28N6O2. The van der Waals surface area contributed by atoms with E-state index >= 15 is 0 Å². The molecule has 0 radical (unpaired) electrons. The van der Waals surface area contributed by atoms with Gasteiger partial charge in [-0.1, -0.05) is 0 Å². The summed E-state index contributed by atoms with van der Waals surface area (Å²) >= 11 is 0. The molecule has 0 aliphatic rings. The number of carbonyl (C=O) groups excluding carboxylic acids is 1. The molecule has 0 spiro atoms. The third-order valence-corrected chi connectivity index (χ3v) is 5.72. The first-order valence-electron chi connectivity index (χ1n) is 10.7. The van der Waals surface area contributed by atoms with Crippen molar-refractivity contribution in [1.82, 2.24) is 29.9 Å². The summed E-state index contributed by atoms with van der Waals surface area (Å²) in [6.45, 7) is 8.65. The van der Waals surface area contributed by atoms with Gasteiger partial charge >= 0.3 is 0 Å². The Labute approximate surface area is 187 Å². The molecule has 1 N–H and O–H groups in total. The molecule has 8 nitrogen and oxygen atoms in total. The zero-order valence-corrected chi connectivity index (χ0v) is 19.3. The fourth-order valence-electron chi connectivity index (χ4n) is 4.01. The van der Waals surface area contributed by atoms with Gasteiger partial charge in [0.25, 0.3) is 5.91 Å². The number of ether oxygens (including phenoxy) is 1. The third kappa shape index (κ3) is 3.84. The molecule has 0 saturated heterocycles. The lowest BCUT2D eigenvalue weighted by Gasteiger charge is -2.15. The Balaban J connectivity index is 1.75. The van der Waals surface area contributed by atoms with E-state index in [1.807, 2.05) is 76.0 Å². The second-order valence-electron chi connectivity index (χ2n) is 7.91. The van der Waals surface area contributed by atoms with Crippen LogP contribution < -0.4 is 10.1 Å². The van der Waals surface area contributed by atoms with Gasteiger partial charge < -0.3 is 10.1 Å². The van der Waals surface area contributed by atoms with Crippen molar-refractivity contribution in [2.45, 2.75) is 40.3 Å². The van der Waals surface area contributed by atoms with Crippen molar-refractivity contribution in [3.8, 4) is 17.0 Å². The van der Waals surface area contributed by atoms with Gasteiger partial charge in [-0.25, -0.2) is 4.98 Å². The largest absolute Gasteiger partial charge is 0.497 e. The molecule has 0 saturated carbocycles. The summed E-state index contributed by atoms with van der Waals surface area (Å²) < 4.78 is 8.86. The lowest BCUT2D eigenvalue weighted by atomic mass is 10.0. The smallest absolute Gasteiger partial charge is 0.252 e. The van der Waals surface area contributed by atoms with Crippen LogP contribution in [0.5, 0.6) is 5.75 Å². The first-order chi connectivity index (χ1) is 15.3. The van der Waals surface area contributed by atoms with Gasteiger partial charge in [-0.15, -0.1) is 0 Å². The number of aryl methyl sites for hydroxylation is 4. The highest BCUT2D eigenvalue weighted by molar-refractivity contribution is 6.07. The number of benzene rings is 1. The van der Waals surface area contributed by atoms with E-state index in [0.29, 0.717) is 16.9 Å². The minimum Gasteiger partial charge on any atom is -0.497 e. The first-order valence-corrected chi connectivity index (χ1v) is 10.7. The Morgan fingerprint density at radius 1 is 1.16 bits per heavy atom. The van der Waals surface area contributed by atoms with Gasteiger partial charge in [-0.2, -0.15) is 10.2 Å². The third-order valence-electron chi connectivity index (χ3n) is 5.72. The van der Waals surface area contributed by atoms with Crippen LogP contribution in [0.2, 0.25) is 0 Å². The second kappa shape index (κ2) is 8.45. The van der Waals surface area contributed by atoms with Crippen LogP contribution in [0.4, 0.5) is 0 Å². The van der Waals surface area contributed by atoms with E-state index in [0.717, 1.165) is 40.2 Å². The number of aromatic nitrogens is 5. The molecule has 1 amide bonds. The zero-order chi connectivity index (χ0) is 23.0. The second-order valence-corrected chi connectivity index (χ2v) is 7.91. The zero-order valence-electron chi connectivity index (χ0n) is 19.3. The predicted molar refractivity (Wildman–Crippen MR) is 124 cm³/mol. The molecule has 0 bridgehead atoms. The molecule has 4 aromatic rings. The number of nitrogens with zero attached hydrogens (tertiary/aromatic N) is 5. The number of methoxy groups -OCH3 is 1. The number of fused-ring (bicyclic) bond motifs is 1. The van der Waals surface area contributed by atoms with Crippen LogP contribution in [-0.2, 0) is 13.6 Å². The van der Waals surface area contributed by atoms with Crippen LogP contribution in [0.1, 0.15) is 47.2 Å². The minimum atomic E-state index is -0.188. The van der Waals surface area contributed by atoms with Gasteiger partial charge in [0.15, 0.2) is 5.65 Å². The highest BCUT2D eigenvalue weighted by Crippen LogP contribution is 2.28. The highest BCUT2D eigenvalue weighted by Gasteiger charge is 2.22. The molecule has 0 aliphatic heterocycles. The number of amides is 1. The summed E-state index contributed by atoms with van der Waals surface area (Å²) in [7, 11) is 3.47. The van der Waals surface area contributed by atoms with Crippen LogP contribution in [0, 0.1) is 13.8 Å². The van der Waals surface area contributed by atoms with E-state index in [-0.39, 0.29) is 11.9 Å². The highest BCUT2D eigenvalue weighted by atomic mass is 16.5. The van der Waals surface area contributed by atoms with Crippen molar-refractivity contribution < 1.29 is 9.53 Å². The van der Waals surface area contributed by atoms with Crippen molar-refractivity contribution in [2.24, 2.45) is 7.05 Å². The fraction of sp³-hybridized carbons (Fsp3) is 0.333. The first kappa shape index (κ1) is 21.5. The average Bonchev–Trinajstić information content (AvgIpc) is 3.32. The van der Waals surface area contributed by atoms with Crippen molar-refractivity contribution in [3.63, 3.8) is 0 Å². The number of carbonyl (C=O) groups is 1. The quantitative estimate of drug-likeness (QED) is 0.498. The average molecular weight is 433 g/mol. The molecule has 3 aromatic heterocycles.